The molecule has 0 bridgehead atoms. The molecule has 1 fully saturated rings. The molecule has 0 saturated carbocycles. The van der Waals surface area contributed by atoms with Crippen molar-refractivity contribution in [2.45, 2.75) is 83.7 Å². The molecule has 2 N–H and O–H groups in total. The number of piperidine rings is 1. The van der Waals surface area contributed by atoms with Crippen molar-refractivity contribution in [3.05, 3.63) is 0 Å². The van der Waals surface area contributed by atoms with Crippen LogP contribution in [-0.2, 0) is 0 Å². The van der Waals surface area contributed by atoms with E-state index in [9.17, 15) is 0 Å². The van der Waals surface area contributed by atoms with Crippen LogP contribution >= 0.6 is 0 Å². The first kappa shape index (κ1) is 15.0. The number of nitrogens with two attached hydrogens (primary N) is 1. The summed E-state index contributed by atoms with van der Waals surface area (Å²) >= 11 is 0. The minimum Gasteiger partial charge on any atom is -0.328 e. The standard InChI is InChI=1S/C15H32N2/c1-3-5-7-9-15-13-14(16)10-12-17(15)11-8-6-4-2/h14-15H,3-13,16H2,1-2H3. The highest BCUT2D eigenvalue weighted by atomic mass is 15.2. The normalized spacial score (nSPS) is 26.3. The van der Waals surface area contributed by atoms with Gasteiger partial charge in [0, 0.05) is 12.1 Å². The molecule has 0 aromatic carbocycles. The van der Waals surface area contributed by atoms with Gasteiger partial charge < -0.3 is 10.6 Å². The number of rotatable bonds is 8. The van der Waals surface area contributed by atoms with Gasteiger partial charge in [-0.15, -0.1) is 0 Å². The molecule has 17 heavy (non-hydrogen) atoms. The highest BCUT2D eigenvalue weighted by Gasteiger charge is 2.25. The summed E-state index contributed by atoms with van der Waals surface area (Å²) in [5.41, 5.74) is 6.12. The smallest absolute Gasteiger partial charge is 0.0110 e. The summed E-state index contributed by atoms with van der Waals surface area (Å²) in [4.78, 5) is 2.72. The second-order valence-corrected chi connectivity index (χ2v) is 5.68. The predicted molar refractivity (Wildman–Crippen MR) is 76.2 cm³/mol. The zero-order valence-electron chi connectivity index (χ0n) is 12.0. The van der Waals surface area contributed by atoms with Gasteiger partial charge in [-0.05, 0) is 38.8 Å². The SMILES string of the molecule is CCCCCC1CC(N)CCN1CCCCC. The van der Waals surface area contributed by atoms with Gasteiger partial charge in [-0.25, -0.2) is 0 Å². The van der Waals surface area contributed by atoms with Crippen LogP contribution in [-0.4, -0.2) is 30.1 Å². The molecule has 0 aromatic heterocycles. The van der Waals surface area contributed by atoms with E-state index in [0.29, 0.717) is 6.04 Å². The van der Waals surface area contributed by atoms with E-state index in [1.54, 1.807) is 0 Å². The third-order valence-corrected chi connectivity index (χ3v) is 4.07. The van der Waals surface area contributed by atoms with Crippen molar-refractivity contribution in [1.82, 2.24) is 4.90 Å². The van der Waals surface area contributed by atoms with Crippen molar-refractivity contribution in [3.8, 4) is 0 Å². The Bertz CT molecular complexity index is 182. The average molecular weight is 240 g/mol. The van der Waals surface area contributed by atoms with Crippen molar-refractivity contribution < 1.29 is 0 Å². The molecule has 1 aliphatic rings. The van der Waals surface area contributed by atoms with Gasteiger partial charge in [0.1, 0.15) is 0 Å². The molecule has 102 valence electrons. The van der Waals surface area contributed by atoms with Crippen molar-refractivity contribution in [2.24, 2.45) is 5.73 Å². The second kappa shape index (κ2) is 8.93. The van der Waals surface area contributed by atoms with Gasteiger partial charge in [-0.1, -0.05) is 46.0 Å². The summed E-state index contributed by atoms with van der Waals surface area (Å²) in [6.07, 6.45) is 12.0. The Kier molecular flexibility index (Phi) is 7.87. The van der Waals surface area contributed by atoms with Crippen LogP contribution in [0.2, 0.25) is 0 Å². The molecule has 0 aliphatic carbocycles. The fraction of sp³-hybridized carbons (Fsp3) is 1.00. The number of unbranched alkanes of at least 4 members (excludes halogenated alkanes) is 4. The largest absolute Gasteiger partial charge is 0.328 e. The molecule has 2 atom stereocenters. The highest BCUT2D eigenvalue weighted by Crippen LogP contribution is 2.21. The molecule has 0 spiro atoms. The minimum atomic E-state index is 0.462. The van der Waals surface area contributed by atoms with E-state index in [0.717, 1.165) is 6.04 Å². The lowest BCUT2D eigenvalue weighted by Gasteiger charge is -2.38. The number of hydrogen-bond acceptors (Lipinski definition) is 2. The topological polar surface area (TPSA) is 29.3 Å². The maximum absolute atomic E-state index is 6.12. The summed E-state index contributed by atoms with van der Waals surface area (Å²) in [5.74, 6) is 0. The molecule has 1 heterocycles. The first-order valence-corrected chi connectivity index (χ1v) is 7.77. The Morgan fingerprint density at radius 2 is 1.76 bits per heavy atom. The third kappa shape index (κ3) is 5.87. The van der Waals surface area contributed by atoms with Crippen LogP contribution in [0, 0.1) is 0 Å². The van der Waals surface area contributed by atoms with E-state index in [-0.39, 0.29) is 0 Å². The minimum absolute atomic E-state index is 0.462. The Morgan fingerprint density at radius 1 is 1.06 bits per heavy atom. The van der Waals surface area contributed by atoms with Gasteiger partial charge in [0.2, 0.25) is 0 Å². The fourth-order valence-corrected chi connectivity index (χ4v) is 2.92. The summed E-state index contributed by atoms with van der Waals surface area (Å²) in [5, 5.41) is 0. The van der Waals surface area contributed by atoms with Gasteiger partial charge in [0.05, 0.1) is 0 Å². The van der Waals surface area contributed by atoms with Gasteiger partial charge in [0.25, 0.3) is 0 Å². The number of hydrogen-bond donors (Lipinski definition) is 1. The van der Waals surface area contributed by atoms with E-state index >= 15 is 0 Å². The summed E-state index contributed by atoms with van der Waals surface area (Å²) in [6, 6.07) is 1.24. The van der Waals surface area contributed by atoms with Crippen LogP contribution < -0.4 is 5.73 Å². The van der Waals surface area contributed by atoms with E-state index in [1.807, 2.05) is 0 Å². The summed E-state index contributed by atoms with van der Waals surface area (Å²) < 4.78 is 0. The molecule has 1 rings (SSSR count). The van der Waals surface area contributed by atoms with Crippen LogP contribution in [0.3, 0.4) is 0 Å². The van der Waals surface area contributed by atoms with E-state index in [2.05, 4.69) is 18.7 Å². The quantitative estimate of drug-likeness (QED) is 0.657. The number of nitrogens with zero attached hydrogens (tertiary/aromatic N) is 1. The first-order valence-electron chi connectivity index (χ1n) is 7.77. The van der Waals surface area contributed by atoms with Crippen molar-refractivity contribution in [2.75, 3.05) is 13.1 Å². The van der Waals surface area contributed by atoms with Crippen molar-refractivity contribution >= 4 is 0 Å². The Hall–Kier alpha value is -0.0800. The van der Waals surface area contributed by atoms with Crippen molar-refractivity contribution in [3.63, 3.8) is 0 Å². The average Bonchev–Trinajstić information content (AvgIpc) is 2.32. The van der Waals surface area contributed by atoms with Crippen LogP contribution in [0.1, 0.15) is 71.6 Å². The molecule has 2 unspecified atom stereocenters. The molecular weight excluding hydrogens is 208 g/mol. The van der Waals surface area contributed by atoms with Gasteiger partial charge in [0.15, 0.2) is 0 Å². The molecule has 1 aliphatic heterocycles. The Balaban J connectivity index is 2.29. The summed E-state index contributed by atoms with van der Waals surface area (Å²) in [7, 11) is 0. The van der Waals surface area contributed by atoms with Crippen LogP contribution in [0.25, 0.3) is 0 Å². The maximum atomic E-state index is 6.12. The van der Waals surface area contributed by atoms with Crippen LogP contribution in [0.15, 0.2) is 0 Å². The molecule has 0 amide bonds. The van der Waals surface area contributed by atoms with Gasteiger partial charge in [-0.2, -0.15) is 0 Å². The molecule has 1 saturated heterocycles. The molecular formula is C15H32N2. The van der Waals surface area contributed by atoms with Gasteiger partial charge in [-0.3, -0.25) is 0 Å². The Morgan fingerprint density at radius 3 is 2.47 bits per heavy atom. The zero-order valence-corrected chi connectivity index (χ0v) is 12.0. The second-order valence-electron chi connectivity index (χ2n) is 5.68. The molecule has 0 radical (unpaired) electrons. The first-order chi connectivity index (χ1) is 8.27. The monoisotopic (exact) mass is 240 g/mol. The highest BCUT2D eigenvalue weighted by molar-refractivity contribution is 4.83. The number of likely N-dealkylation sites (tertiary alicyclic amines) is 1. The zero-order chi connectivity index (χ0) is 12.5. The molecule has 2 heteroatoms. The third-order valence-electron chi connectivity index (χ3n) is 4.07. The predicted octanol–water partition coefficient (Wildman–Crippen LogP) is 3.55. The van der Waals surface area contributed by atoms with Crippen molar-refractivity contribution in [1.29, 1.82) is 0 Å². The maximum Gasteiger partial charge on any atom is 0.0110 e. The van der Waals surface area contributed by atoms with Crippen LogP contribution in [0.5, 0.6) is 0 Å². The molecule has 0 aromatic rings. The van der Waals surface area contributed by atoms with Crippen LogP contribution in [0.4, 0.5) is 0 Å². The van der Waals surface area contributed by atoms with Gasteiger partial charge >= 0.3 is 0 Å². The lowest BCUT2D eigenvalue weighted by molar-refractivity contribution is 0.123. The van der Waals surface area contributed by atoms with E-state index < -0.39 is 0 Å². The van der Waals surface area contributed by atoms with E-state index in [1.165, 1.54) is 70.9 Å². The lowest BCUT2D eigenvalue weighted by Crippen LogP contribution is -2.47. The van der Waals surface area contributed by atoms with E-state index in [4.69, 9.17) is 5.73 Å². The lowest BCUT2D eigenvalue weighted by atomic mass is 9.93. The Labute approximate surface area is 108 Å². The summed E-state index contributed by atoms with van der Waals surface area (Å²) in [6.45, 7) is 7.11. The molecule has 2 nitrogen and oxygen atoms in total. The fourth-order valence-electron chi connectivity index (χ4n) is 2.92.